The first kappa shape index (κ1) is 12.7. The van der Waals surface area contributed by atoms with E-state index in [1.165, 1.54) is 23.1 Å². The van der Waals surface area contributed by atoms with Crippen LogP contribution in [0.2, 0.25) is 0 Å². The number of carboxylic acid groups (broad SMARTS) is 1. The highest BCUT2D eigenvalue weighted by molar-refractivity contribution is 6.00. The third-order valence-electron chi connectivity index (χ3n) is 2.26. The van der Waals surface area contributed by atoms with E-state index >= 15 is 0 Å². The molecule has 98 valence electrons. The highest BCUT2D eigenvalue weighted by Gasteiger charge is 2.13. The van der Waals surface area contributed by atoms with Gasteiger partial charge in [0.05, 0.1) is 17.4 Å². The first-order valence-corrected chi connectivity index (χ1v) is 5.23. The fourth-order valence-corrected chi connectivity index (χ4v) is 1.46. The summed E-state index contributed by atoms with van der Waals surface area (Å²) in [6.07, 6.45) is 2.90. The molecule has 1 heterocycles. The van der Waals surface area contributed by atoms with E-state index in [0.29, 0.717) is 0 Å². The fourth-order valence-electron chi connectivity index (χ4n) is 1.46. The first-order chi connectivity index (χ1) is 9.06. The average Bonchev–Trinajstić information content (AvgIpc) is 2.83. The van der Waals surface area contributed by atoms with Gasteiger partial charge in [0.15, 0.2) is 0 Å². The molecule has 0 spiro atoms. The molecule has 0 saturated heterocycles. The molecule has 19 heavy (non-hydrogen) atoms. The molecule has 0 aliphatic carbocycles. The lowest BCUT2D eigenvalue weighted by molar-refractivity contribution is -0.116. The Kier molecular flexibility index (Phi) is 3.51. The van der Waals surface area contributed by atoms with E-state index in [4.69, 9.17) is 5.11 Å². The summed E-state index contributed by atoms with van der Waals surface area (Å²) >= 11 is 0. The van der Waals surface area contributed by atoms with E-state index < -0.39 is 17.7 Å². The summed E-state index contributed by atoms with van der Waals surface area (Å²) in [6, 6.07) is 3.10. The lowest BCUT2D eigenvalue weighted by Crippen LogP contribution is -2.20. The molecule has 1 amide bonds. The Morgan fingerprint density at radius 3 is 2.84 bits per heavy atom. The summed E-state index contributed by atoms with van der Waals surface area (Å²) in [7, 11) is 0. The van der Waals surface area contributed by atoms with Crippen molar-refractivity contribution in [3.63, 3.8) is 0 Å². The molecule has 0 unspecified atom stereocenters. The van der Waals surface area contributed by atoms with Crippen LogP contribution in [0.5, 0.6) is 0 Å². The third-order valence-corrected chi connectivity index (χ3v) is 2.26. The molecule has 1 aromatic heterocycles. The van der Waals surface area contributed by atoms with Crippen LogP contribution in [-0.2, 0) is 11.3 Å². The molecular weight excluding hydrogens is 255 g/mol. The van der Waals surface area contributed by atoms with Gasteiger partial charge in [-0.2, -0.15) is 0 Å². The maximum Gasteiger partial charge on any atom is 0.337 e. The van der Waals surface area contributed by atoms with Crippen LogP contribution in [0.4, 0.5) is 10.1 Å². The minimum absolute atomic E-state index is 0.0269. The molecule has 0 aliphatic heterocycles. The topological polar surface area (TPSA) is 97.1 Å². The Balaban J connectivity index is 2.14. The first-order valence-electron chi connectivity index (χ1n) is 5.23. The minimum atomic E-state index is -1.32. The van der Waals surface area contributed by atoms with E-state index in [-0.39, 0.29) is 17.8 Å². The summed E-state index contributed by atoms with van der Waals surface area (Å²) in [5.74, 6) is -2.50. The number of aromatic nitrogens is 3. The molecule has 0 bridgehead atoms. The number of halogens is 1. The lowest BCUT2D eigenvalue weighted by Gasteiger charge is -2.08. The van der Waals surface area contributed by atoms with Gasteiger partial charge in [0.1, 0.15) is 12.4 Å². The fraction of sp³-hybridized carbons (Fsp3) is 0.0909. The van der Waals surface area contributed by atoms with Crippen molar-refractivity contribution in [2.24, 2.45) is 0 Å². The van der Waals surface area contributed by atoms with Crippen molar-refractivity contribution in [1.82, 2.24) is 15.0 Å². The zero-order chi connectivity index (χ0) is 13.8. The van der Waals surface area contributed by atoms with E-state index in [9.17, 15) is 14.0 Å². The molecule has 2 N–H and O–H groups in total. The molecule has 0 radical (unpaired) electrons. The van der Waals surface area contributed by atoms with E-state index in [0.717, 1.165) is 12.1 Å². The second-order valence-electron chi connectivity index (χ2n) is 3.64. The minimum Gasteiger partial charge on any atom is -0.478 e. The zero-order valence-electron chi connectivity index (χ0n) is 9.58. The maximum atomic E-state index is 13.0. The van der Waals surface area contributed by atoms with Crippen molar-refractivity contribution < 1.29 is 19.1 Å². The second kappa shape index (κ2) is 5.25. The molecular formula is C11H9FN4O3. The predicted octanol–water partition coefficient (Wildman–Crippen LogP) is 0.754. The molecule has 2 rings (SSSR count). The molecule has 8 heteroatoms. The summed E-state index contributed by atoms with van der Waals surface area (Å²) in [5.41, 5.74) is -0.286. The summed E-state index contributed by atoms with van der Waals surface area (Å²) in [5, 5.41) is 18.4. The molecule has 1 aromatic carbocycles. The van der Waals surface area contributed by atoms with Gasteiger partial charge in [-0.25, -0.2) is 13.9 Å². The second-order valence-corrected chi connectivity index (χ2v) is 3.64. The van der Waals surface area contributed by atoms with Gasteiger partial charge < -0.3 is 10.4 Å². The molecule has 0 atom stereocenters. The molecule has 7 nitrogen and oxygen atoms in total. The highest BCUT2D eigenvalue weighted by Crippen LogP contribution is 2.17. The Hall–Kier alpha value is -2.77. The number of carboxylic acids is 1. The van der Waals surface area contributed by atoms with Crippen LogP contribution in [0.1, 0.15) is 10.4 Å². The molecule has 0 aliphatic rings. The third kappa shape index (κ3) is 3.12. The van der Waals surface area contributed by atoms with Crippen molar-refractivity contribution in [3.8, 4) is 0 Å². The van der Waals surface area contributed by atoms with Crippen molar-refractivity contribution in [1.29, 1.82) is 0 Å². The Bertz CT molecular complexity index is 612. The summed E-state index contributed by atoms with van der Waals surface area (Å²) in [4.78, 5) is 22.6. The van der Waals surface area contributed by atoms with Gasteiger partial charge in [-0.1, -0.05) is 5.21 Å². The highest BCUT2D eigenvalue weighted by atomic mass is 19.1. The zero-order valence-corrected chi connectivity index (χ0v) is 9.58. The van der Waals surface area contributed by atoms with Gasteiger partial charge in [-0.3, -0.25) is 4.79 Å². The van der Waals surface area contributed by atoms with Crippen molar-refractivity contribution in [3.05, 3.63) is 42.0 Å². The van der Waals surface area contributed by atoms with Gasteiger partial charge in [0.2, 0.25) is 5.91 Å². The lowest BCUT2D eigenvalue weighted by atomic mass is 10.1. The number of rotatable bonds is 4. The number of nitrogens with one attached hydrogen (secondary N) is 1. The predicted molar refractivity (Wildman–Crippen MR) is 62.0 cm³/mol. The van der Waals surface area contributed by atoms with Crippen LogP contribution in [0.25, 0.3) is 0 Å². The number of amides is 1. The Labute approximate surface area is 106 Å². The quantitative estimate of drug-likeness (QED) is 0.849. The number of carbonyl (C=O) groups excluding carboxylic acids is 1. The van der Waals surface area contributed by atoms with Crippen LogP contribution >= 0.6 is 0 Å². The van der Waals surface area contributed by atoms with Gasteiger partial charge in [-0.15, -0.1) is 5.10 Å². The average molecular weight is 264 g/mol. The largest absolute Gasteiger partial charge is 0.478 e. The monoisotopic (exact) mass is 264 g/mol. The SMILES string of the molecule is O=C(Cn1ccnn1)Nc1ccc(F)cc1C(=O)O. The van der Waals surface area contributed by atoms with Crippen LogP contribution in [0.3, 0.4) is 0 Å². The van der Waals surface area contributed by atoms with Crippen LogP contribution in [0.15, 0.2) is 30.6 Å². The van der Waals surface area contributed by atoms with Gasteiger partial charge in [-0.05, 0) is 18.2 Å². The van der Waals surface area contributed by atoms with Crippen molar-refractivity contribution in [2.45, 2.75) is 6.54 Å². The standard InChI is InChI=1S/C11H9FN4O3/c12-7-1-2-9(8(5-7)11(18)19)14-10(17)6-16-4-3-13-15-16/h1-5H,6H2,(H,14,17)(H,18,19). The van der Waals surface area contributed by atoms with Crippen LogP contribution < -0.4 is 5.32 Å². The number of carbonyl (C=O) groups is 2. The van der Waals surface area contributed by atoms with E-state index in [1.54, 1.807) is 0 Å². The number of aromatic carboxylic acids is 1. The Morgan fingerprint density at radius 2 is 2.21 bits per heavy atom. The van der Waals surface area contributed by atoms with Gasteiger partial charge in [0.25, 0.3) is 0 Å². The van der Waals surface area contributed by atoms with Gasteiger partial charge >= 0.3 is 5.97 Å². The van der Waals surface area contributed by atoms with E-state index in [1.807, 2.05) is 0 Å². The molecule has 0 saturated carbocycles. The van der Waals surface area contributed by atoms with Crippen LogP contribution in [-0.4, -0.2) is 32.0 Å². The normalized spacial score (nSPS) is 10.2. The number of nitrogens with zero attached hydrogens (tertiary/aromatic N) is 3. The smallest absolute Gasteiger partial charge is 0.337 e. The van der Waals surface area contributed by atoms with E-state index in [2.05, 4.69) is 15.6 Å². The number of hydrogen-bond donors (Lipinski definition) is 2. The number of benzene rings is 1. The number of anilines is 1. The van der Waals surface area contributed by atoms with Gasteiger partial charge in [0, 0.05) is 6.20 Å². The summed E-state index contributed by atoms with van der Waals surface area (Å²) < 4.78 is 14.2. The van der Waals surface area contributed by atoms with Crippen LogP contribution in [0, 0.1) is 5.82 Å². The summed E-state index contributed by atoms with van der Waals surface area (Å²) in [6.45, 7) is -0.115. The van der Waals surface area contributed by atoms with Crippen molar-refractivity contribution >= 4 is 17.6 Å². The maximum absolute atomic E-state index is 13.0. The molecule has 2 aromatic rings. The molecule has 0 fully saturated rings. The van der Waals surface area contributed by atoms with Crippen molar-refractivity contribution in [2.75, 3.05) is 5.32 Å². The number of hydrogen-bond acceptors (Lipinski definition) is 4. The Morgan fingerprint density at radius 1 is 1.42 bits per heavy atom.